The molecule has 1 saturated carbocycles. The summed E-state index contributed by atoms with van der Waals surface area (Å²) < 4.78 is 3.53. The average molecular weight is 495 g/mol. The first-order chi connectivity index (χ1) is 17.8. The third-order valence-electron chi connectivity index (χ3n) is 7.89. The van der Waals surface area contributed by atoms with Crippen LogP contribution < -0.4 is 10.2 Å². The molecule has 1 aliphatic heterocycles. The van der Waals surface area contributed by atoms with Crippen LogP contribution in [0.15, 0.2) is 49.2 Å². The van der Waals surface area contributed by atoms with Gasteiger partial charge in [0.15, 0.2) is 0 Å². The molecular weight excluding hydrogens is 464 g/mol. The van der Waals surface area contributed by atoms with Crippen LogP contribution in [0.3, 0.4) is 0 Å². The summed E-state index contributed by atoms with van der Waals surface area (Å²) in [5.74, 6) is 1.60. The number of hydrogen-bond donors (Lipinski definition) is 1. The number of nitrogens with one attached hydrogen (secondary N) is 1. The largest absolute Gasteiger partial charge is 0.353 e. The molecule has 1 N–H and O–H groups in total. The molecular formula is C28H30N8O. The Hall–Kier alpha value is -4.19. The van der Waals surface area contributed by atoms with E-state index in [0.29, 0.717) is 17.5 Å². The lowest BCUT2D eigenvalue weighted by molar-refractivity contribution is -0.120. The lowest BCUT2D eigenvalue weighted by Gasteiger charge is -2.37. The molecule has 2 bridgehead atoms. The molecule has 188 valence electrons. The number of pyridine rings is 2. The summed E-state index contributed by atoms with van der Waals surface area (Å²) in [5, 5.41) is 21.7. The van der Waals surface area contributed by atoms with Gasteiger partial charge < -0.3 is 10.2 Å². The number of rotatable bonds is 4. The minimum atomic E-state index is -0.183. The van der Waals surface area contributed by atoms with Crippen molar-refractivity contribution < 1.29 is 4.79 Å². The zero-order valence-electron chi connectivity index (χ0n) is 21.3. The van der Waals surface area contributed by atoms with Crippen molar-refractivity contribution >= 4 is 17.2 Å². The second-order valence-electron chi connectivity index (χ2n) is 10.8. The first kappa shape index (κ1) is 23.2. The van der Waals surface area contributed by atoms with Gasteiger partial charge in [-0.15, -0.1) is 0 Å². The van der Waals surface area contributed by atoms with E-state index in [4.69, 9.17) is 4.98 Å². The van der Waals surface area contributed by atoms with Crippen LogP contribution in [0.2, 0.25) is 0 Å². The maximum Gasteiger partial charge on any atom is 0.217 e. The second kappa shape index (κ2) is 8.73. The molecule has 0 aromatic carbocycles. The lowest BCUT2D eigenvalue weighted by atomic mass is 9.89. The third kappa shape index (κ3) is 4.22. The van der Waals surface area contributed by atoms with E-state index in [1.807, 2.05) is 31.8 Å². The zero-order chi connectivity index (χ0) is 25.7. The molecule has 1 aliphatic carbocycles. The molecule has 0 radical (unpaired) electrons. The Labute approximate surface area is 215 Å². The number of hydrogen-bond acceptors (Lipinski definition) is 6. The monoisotopic (exact) mass is 494 g/mol. The lowest BCUT2D eigenvalue weighted by Crippen LogP contribution is -2.49. The van der Waals surface area contributed by atoms with Crippen molar-refractivity contribution in [1.29, 1.82) is 5.26 Å². The quantitative estimate of drug-likeness (QED) is 0.461. The number of aromatic nitrogens is 5. The minimum Gasteiger partial charge on any atom is -0.353 e. The van der Waals surface area contributed by atoms with Crippen molar-refractivity contribution in [3.8, 4) is 28.3 Å². The van der Waals surface area contributed by atoms with Crippen LogP contribution in [0.5, 0.6) is 0 Å². The van der Waals surface area contributed by atoms with E-state index in [-0.39, 0.29) is 11.4 Å². The third-order valence-corrected chi connectivity index (χ3v) is 7.89. The summed E-state index contributed by atoms with van der Waals surface area (Å²) in [6.45, 7) is 4.77. The van der Waals surface area contributed by atoms with E-state index >= 15 is 0 Å². The van der Waals surface area contributed by atoms with Gasteiger partial charge in [0.2, 0.25) is 5.91 Å². The molecule has 37 heavy (non-hydrogen) atoms. The summed E-state index contributed by atoms with van der Waals surface area (Å²) in [5.41, 5.74) is 4.89. The molecule has 9 heteroatoms. The van der Waals surface area contributed by atoms with Gasteiger partial charge in [-0.25, -0.2) is 9.50 Å². The van der Waals surface area contributed by atoms with E-state index in [1.54, 1.807) is 22.3 Å². The van der Waals surface area contributed by atoms with E-state index in [9.17, 15) is 10.1 Å². The van der Waals surface area contributed by atoms with E-state index in [2.05, 4.69) is 51.6 Å². The maximum absolute atomic E-state index is 11.8. The highest BCUT2D eigenvalue weighted by atomic mass is 16.1. The van der Waals surface area contributed by atoms with Gasteiger partial charge in [0.05, 0.1) is 23.5 Å². The molecule has 9 nitrogen and oxygen atoms in total. The van der Waals surface area contributed by atoms with Gasteiger partial charge in [0.1, 0.15) is 11.9 Å². The summed E-state index contributed by atoms with van der Waals surface area (Å²) >= 11 is 0. The standard InChI is InChI=1S/C28H30N8O/c1-18(37)33-28(2)7-6-19-8-24(10-28)35(15-19)26-5-4-20(12-30-26)25-9-21(23-14-31-34(3)16-23)17-36-27(25)22(11-29)13-32-36/h4-5,9,12-14,16-17,19,24H,6-8,10,15H2,1-3H3,(H,33,37). The van der Waals surface area contributed by atoms with Crippen LogP contribution in [-0.4, -0.2) is 48.4 Å². The van der Waals surface area contributed by atoms with Crippen molar-refractivity contribution in [2.75, 3.05) is 11.4 Å². The summed E-state index contributed by atoms with van der Waals surface area (Å²) in [6.07, 6.45) is 13.4. The number of fused-ring (bicyclic) bond motifs is 3. The smallest absolute Gasteiger partial charge is 0.217 e. The number of carbonyl (C=O) groups excluding carboxylic acids is 1. The zero-order valence-corrected chi connectivity index (χ0v) is 21.3. The fourth-order valence-corrected chi connectivity index (χ4v) is 6.25. The van der Waals surface area contributed by atoms with Crippen LogP contribution >= 0.6 is 0 Å². The SMILES string of the molecule is CC(=O)NC1(C)CCC2CC(C1)N(c1ccc(-c3cc(-c4cnn(C)c4)cn4ncc(C#N)c34)cn1)C2. The number of amides is 1. The van der Waals surface area contributed by atoms with Gasteiger partial charge in [-0.05, 0) is 56.7 Å². The highest BCUT2D eigenvalue weighted by molar-refractivity contribution is 5.87. The molecule has 4 aromatic rings. The molecule has 1 amide bonds. The van der Waals surface area contributed by atoms with Gasteiger partial charge in [-0.3, -0.25) is 9.48 Å². The van der Waals surface area contributed by atoms with Gasteiger partial charge in [-0.2, -0.15) is 15.5 Å². The van der Waals surface area contributed by atoms with Crippen molar-refractivity contribution in [3.63, 3.8) is 0 Å². The van der Waals surface area contributed by atoms with E-state index in [1.165, 1.54) is 0 Å². The number of carbonyl (C=O) groups is 1. The Bertz CT molecular complexity index is 1530. The van der Waals surface area contributed by atoms with Crippen LogP contribution in [0.4, 0.5) is 5.82 Å². The highest BCUT2D eigenvalue weighted by Gasteiger charge is 2.42. The molecule has 2 fully saturated rings. The molecule has 3 atom stereocenters. The summed E-state index contributed by atoms with van der Waals surface area (Å²) in [6, 6.07) is 8.87. The first-order valence-corrected chi connectivity index (χ1v) is 12.7. The van der Waals surface area contributed by atoms with E-state index < -0.39 is 0 Å². The van der Waals surface area contributed by atoms with Gasteiger partial charge >= 0.3 is 0 Å². The minimum absolute atomic E-state index is 0.0331. The first-order valence-electron chi connectivity index (χ1n) is 12.7. The Morgan fingerprint density at radius 2 is 2.03 bits per heavy atom. The van der Waals surface area contributed by atoms with Crippen molar-refractivity contribution in [2.45, 2.75) is 51.1 Å². The van der Waals surface area contributed by atoms with Gasteiger partial charge in [0, 0.05) is 72.9 Å². The number of nitriles is 1. The fourth-order valence-electron chi connectivity index (χ4n) is 6.25. The maximum atomic E-state index is 11.8. The molecule has 5 heterocycles. The summed E-state index contributed by atoms with van der Waals surface area (Å²) in [4.78, 5) is 19.1. The normalized spacial score (nSPS) is 23.1. The average Bonchev–Trinajstić information content (AvgIpc) is 3.57. The van der Waals surface area contributed by atoms with Crippen molar-refractivity contribution in [1.82, 2.24) is 29.7 Å². The molecule has 0 spiro atoms. The highest BCUT2D eigenvalue weighted by Crippen LogP contribution is 2.41. The van der Waals surface area contributed by atoms with Crippen LogP contribution in [0, 0.1) is 17.2 Å². The van der Waals surface area contributed by atoms with Crippen LogP contribution in [-0.2, 0) is 11.8 Å². The second-order valence-corrected chi connectivity index (χ2v) is 10.8. The topological polar surface area (TPSA) is 104 Å². The number of anilines is 1. The Morgan fingerprint density at radius 3 is 2.73 bits per heavy atom. The number of aryl methyl sites for hydroxylation is 1. The van der Waals surface area contributed by atoms with E-state index in [0.717, 1.165) is 65.8 Å². The van der Waals surface area contributed by atoms with Crippen molar-refractivity contribution in [2.24, 2.45) is 13.0 Å². The molecule has 1 saturated heterocycles. The molecule has 6 rings (SSSR count). The Kier molecular flexibility index (Phi) is 5.48. The van der Waals surface area contributed by atoms with Gasteiger partial charge in [0.25, 0.3) is 0 Å². The van der Waals surface area contributed by atoms with Crippen molar-refractivity contribution in [3.05, 3.63) is 54.7 Å². The van der Waals surface area contributed by atoms with Crippen LogP contribution in [0.25, 0.3) is 27.8 Å². The summed E-state index contributed by atoms with van der Waals surface area (Å²) in [7, 11) is 1.89. The predicted molar refractivity (Wildman–Crippen MR) is 141 cm³/mol. The fraction of sp³-hybridized carbons (Fsp3) is 0.393. The molecule has 2 aliphatic rings. The Morgan fingerprint density at radius 1 is 1.16 bits per heavy atom. The van der Waals surface area contributed by atoms with Crippen LogP contribution in [0.1, 0.15) is 45.1 Å². The molecule has 3 unspecified atom stereocenters. The number of nitrogens with zero attached hydrogens (tertiary/aromatic N) is 7. The Balaban J connectivity index is 1.35. The van der Waals surface area contributed by atoms with Gasteiger partial charge in [-0.1, -0.05) is 0 Å². The predicted octanol–water partition coefficient (Wildman–Crippen LogP) is 3.94. The molecule has 4 aromatic heterocycles.